The van der Waals surface area contributed by atoms with Crippen molar-refractivity contribution in [3.8, 4) is 5.75 Å². The van der Waals surface area contributed by atoms with Gasteiger partial charge in [-0.2, -0.15) is 0 Å². The fraction of sp³-hybridized carbons (Fsp3) is 0.515. The van der Waals surface area contributed by atoms with E-state index in [2.05, 4.69) is 37.0 Å². The lowest BCUT2D eigenvalue weighted by Gasteiger charge is -2.20. The molecule has 0 radical (unpaired) electrons. The van der Waals surface area contributed by atoms with Crippen LogP contribution in [0.4, 0.5) is 0 Å². The number of unbranched alkanes of at least 4 members (excludes halogenated alkanes) is 3. The van der Waals surface area contributed by atoms with Gasteiger partial charge in [0.05, 0.1) is 12.2 Å². The highest BCUT2D eigenvalue weighted by atomic mass is 16.5. The van der Waals surface area contributed by atoms with E-state index >= 15 is 0 Å². The summed E-state index contributed by atoms with van der Waals surface area (Å²) in [6.07, 6.45) is 13.3. The van der Waals surface area contributed by atoms with Gasteiger partial charge in [-0.05, 0) is 101 Å². The zero-order valence-corrected chi connectivity index (χ0v) is 23.8. The number of carbonyl (C=O) groups is 2. The summed E-state index contributed by atoms with van der Waals surface area (Å²) < 4.78 is 6.16. The maximum atomic E-state index is 11.2. The molecule has 2 N–H and O–H groups in total. The molecule has 0 saturated carbocycles. The Balaban J connectivity index is 1.95. The Morgan fingerprint density at radius 2 is 1.59 bits per heavy atom. The number of para-hydroxylation sites is 1. The fourth-order valence-electron chi connectivity index (χ4n) is 4.79. The van der Waals surface area contributed by atoms with Crippen molar-refractivity contribution in [3.63, 3.8) is 0 Å². The third-order valence-electron chi connectivity index (χ3n) is 6.84. The largest absolute Gasteiger partial charge is 0.493 e. The number of hydrogen-bond acceptors (Lipinski definition) is 4. The van der Waals surface area contributed by atoms with Gasteiger partial charge in [-0.15, -0.1) is 0 Å². The lowest BCUT2D eigenvalue weighted by atomic mass is 9.92. The first kappa shape index (κ1) is 32.1. The molecular formula is C33H47NO5. The molecule has 6 nitrogen and oxygen atoms in total. The molecule has 0 heterocycles. The van der Waals surface area contributed by atoms with Crippen molar-refractivity contribution in [2.45, 2.75) is 78.1 Å². The van der Waals surface area contributed by atoms with E-state index in [1.165, 1.54) is 32.4 Å². The van der Waals surface area contributed by atoms with Gasteiger partial charge >= 0.3 is 11.9 Å². The number of hydrogen-bond donors (Lipinski definition) is 2. The van der Waals surface area contributed by atoms with Gasteiger partial charge in [-0.25, -0.2) is 4.79 Å². The Labute approximate surface area is 234 Å². The second kappa shape index (κ2) is 19.0. The van der Waals surface area contributed by atoms with Crippen LogP contribution in [0.15, 0.2) is 54.6 Å². The number of carboxylic acids is 2. The number of aromatic carboxylic acids is 1. The lowest BCUT2D eigenvalue weighted by Crippen LogP contribution is -2.26. The van der Waals surface area contributed by atoms with Gasteiger partial charge in [0.15, 0.2) is 0 Å². The minimum Gasteiger partial charge on any atom is -0.493 e. The summed E-state index contributed by atoms with van der Waals surface area (Å²) in [7, 11) is 0. The molecule has 0 spiro atoms. The molecule has 0 bridgehead atoms. The summed E-state index contributed by atoms with van der Waals surface area (Å²) in [6, 6.07) is 15.1. The smallest absolute Gasteiger partial charge is 0.335 e. The number of rotatable bonds is 21. The van der Waals surface area contributed by atoms with Gasteiger partial charge < -0.3 is 19.8 Å². The van der Waals surface area contributed by atoms with Crippen LogP contribution in [0.2, 0.25) is 0 Å². The molecule has 6 heteroatoms. The highest BCUT2D eigenvalue weighted by molar-refractivity contribution is 5.87. The zero-order chi connectivity index (χ0) is 28.3. The standard InChI is InChI=1S/C33H47NO5/c1-3-22-34(23-4-2)24-10-5-11-25-39-31-14-8-7-13-29(31)19-16-27(12-6-9-15-32(35)36)26-28-17-20-30(21-18-28)33(37)38/h7-8,13-14,16-21,27H,3-6,9-12,15,22-26H2,1-2H3,(H,35,36)(H,37,38)/b19-16+. The van der Waals surface area contributed by atoms with Crippen LogP contribution in [-0.4, -0.2) is 53.3 Å². The Morgan fingerprint density at radius 1 is 0.872 bits per heavy atom. The molecule has 214 valence electrons. The Bertz CT molecular complexity index is 995. The highest BCUT2D eigenvalue weighted by Crippen LogP contribution is 2.24. The van der Waals surface area contributed by atoms with E-state index in [9.17, 15) is 14.7 Å². The van der Waals surface area contributed by atoms with Gasteiger partial charge in [0, 0.05) is 12.0 Å². The minimum atomic E-state index is -0.932. The average molecular weight is 538 g/mol. The van der Waals surface area contributed by atoms with Crippen LogP contribution in [0.1, 0.15) is 93.1 Å². The quantitative estimate of drug-likeness (QED) is 0.160. The van der Waals surface area contributed by atoms with Crippen LogP contribution in [0, 0.1) is 5.92 Å². The molecule has 2 aromatic rings. The summed E-state index contributed by atoms with van der Waals surface area (Å²) >= 11 is 0. The number of ether oxygens (including phenoxy) is 1. The van der Waals surface area contributed by atoms with Crippen LogP contribution in [0.3, 0.4) is 0 Å². The molecule has 0 aliphatic rings. The van der Waals surface area contributed by atoms with E-state index in [0.29, 0.717) is 13.0 Å². The van der Waals surface area contributed by atoms with Crippen LogP contribution in [0.25, 0.3) is 6.08 Å². The summed E-state index contributed by atoms with van der Waals surface area (Å²) in [5, 5.41) is 18.2. The first-order valence-electron chi connectivity index (χ1n) is 14.6. The van der Waals surface area contributed by atoms with Gasteiger partial charge in [-0.3, -0.25) is 4.79 Å². The molecule has 1 unspecified atom stereocenters. The maximum Gasteiger partial charge on any atom is 0.335 e. The third kappa shape index (κ3) is 13.5. The van der Waals surface area contributed by atoms with Crippen LogP contribution < -0.4 is 4.74 Å². The van der Waals surface area contributed by atoms with Crippen molar-refractivity contribution in [1.82, 2.24) is 4.90 Å². The number of benzene rings is 2. The number of nitrogens with zero attached hydrogens (tertiary/aromatic N) is 1. The van der Waals surface area contributed by atoms with Crippen LogP contribution in [0.5, 0.6) is 5.75 Å². The highest BCUT2D eigenvalue weighted by Gasteiger charge is 2.10. The molecule has 0 amide bonds. The van der Waals surface area contributed by atoms with E-state index in [1.54, 1.807) is 12.1 Å². The van der Waals surface area contributed by atoms with Crippen molar-refractivity contribution in [3.05, 3.63) is 71.3 Å². The molecular weight excluding hydrogens is 490 g/mol. The van der Waals surface area contributed by atoms with E-state index in [-0.39, 0.29) is 17.9 Å². The Kier molecular flexibility index (Phi) is 15.7. The van der Waals surface area contributed by atoms with Crippen LogP contribution >= 0.6 is 0 Å². The van der Waals surface area contributed by atoms with E-state index in [4.69, 9.17) is 9.84 Å². The van der Waals surface area contributed by atoms with E-state index in [0.717, 1.165) is 55.5 Å². The van der Waals surface area contributed by atoms with Crippen LogP contribution in [-0.2, 0) is 11.2 Å². The van der Waals surface area contributed by atoms with Crippen molar-refractivity contribution in [1.29, 1.82) is 0 Å². The molecule has 2 rings (SSSR count). The molecule has 0 aromatic heterocycles. The second-order valence-corrected chi connectivity index (χ2v) is 10.3. The normalized spacial score (nSPS) is 12.2. The Morgan fingerprint density at radius 3 is 2.26 bits per heavy atom. The number of allylic oxidation sites excluding steroid dienone is 1. The summed E-state index contributed by atoms with van der Waals surface area (Å²) in [6.45, 7) is 8.69. The van der Waals surface area contributed by atoms with Crippen molar-refractivity contribution in [2.75, 3.05) is 26.2 Å². The lowest BCUT2D eigenvalue weighted by molar-refractivity contribution is -0.137. The first-order valence-corrected chi connectivity index (χ1v) is 14.6. The average Bonchev–Trinajstić information content (AvgIpc) is 2.92. The zero-order valence-electron chi connectivity index (χ0n) is 23.8. The molecule has 1 atom stereocenters. The van der Waals surface area contributed by atoms with Crippen molar-refractivity contribution < 1.29 is 24.5 Å². The molecule has 39 heavy (non-hydrogen) atoms. The monoisotopic (exact) mass is 537 g/mol. The Hall–Kier alpha value is -3.12. The second-order valence-electron chi connectivity index (χ2n) is 10.3. The fourth-order valence-corrected chi connectivity index (χ4v) is 4.79. The maximum absolute atomic E-state index is 11.2. The molecule has 0 saturated heterocycles. The topological polar surface area (TPSA) is 87.1 Å². The van der Waals surface area contributed by atoms with Gasteiger partial charge in [0.25, 0.3) is 0 Å². The van der Waals surface area contributed by atoms with Crippen molar-refractivity contribution >= 4 is 18.0 Å². The van der Waals surface area contributed by atoms with E-state index in [1.807, 2.05) is 30.3 Å². The predicted octanol–water partition coefficient (Wildman–Crippen LogP) is 7.57. The minimum absolute atomic E-state index is 0.176. The number of carboxylic acid groups (broad SMARTS) is 2. The SMILES string of the molecule is CCCN(CCC)CCCCCOc1ccccc1/C=C/C(CCCCC(=O)O)Cc1ccc(C(=O)O)cc1. The van der Waals surface area contributed by atoms with Crippen molar-refractivity contribution in [2.24, 2.45) is 5.92 Å². The summed E-state index contributed by atoms with van der Waals surface area (Å²) in [5.41, 5.74) is 2.37. The molecule has 0 fully saturated rings. The van der Waals surface area contributed by atoms with Gasteiger partial charge in [0.1, 0.15) is 5.75 Å². The summed E-state index contributed by atoms with van der Waals surface area (Å²) in [5.74, 6) is -0.616. The van der Waals surface area contributed by atoms with Gasteiger partial charge in [-0.1, -0.05) is 62.8 Å². The summed E-state index contributed by atoms with van der Waals surface area (Å²) in [4.78, 5) is 24.7. The predicted molar refractivity (Wildman–Crippen MR) is 159 cm³/mol. The molecule has 0 aliphatic carbocycles. The molecule has 2 aromatic carbocycles. The molecule has 0 aliphatic heterocycles. The first-order chi connectivity index (χ1) is 18.9. The third-order valence-corrected chi connectivity index (χ3v) is 6.84. The van der Waals surface area contributed by atoms with E-state index < -0.39 is 11.9 Å². The van der Waals surface area contributed by atoms with Gasteiger partial charge in [0.2, 0.25) is 0 Å². The number of aliphatic carboxylic acids is 1.